The molecule has 0 aromatic heterocycles. The zero-order valence-electron chi connectivity index (χ0n) is 25.5. The van der Waals surface area contributed by atoms with Crippen molar-refractivity contribution in [3.8, 4) is 11.5 Å². The first-order valence-electron chi connectivity index (χ1n) is 14.0. The Morgan fingerprint density at radius 3 is 2.40 bits per heavy atom. The molecule has 9 heteroatoms. The van der Waals surface area contributed by atoms with Gasteiger partial charge in [0, 0.05) is 24.8 Å². The Balaban J connectivity index is 1.42. The Hall–Kier alpha value is -3.72. The molecular weight excluding hydrogens is 598 g/mol. The van der Waals surface area contributed by atoms with E-state index in [9.17, 15) is 9.59 Å². The highest BCUT2D eigenvalue weighted by molar-refractivity contribution is 9.10. The zero-order chi connectivity index (χ0) is 30.6. The van der Waals surface area contributed by atoms with Crippen LogP contribution in [-0.2, 0) is 24.4 Å². The largest absolute Gasteiger partial charge is 0.490 e. The topological polar surface area (TPSA) is 80.3 Å². The van der Waals surface area contributed by atoms with Crippen LogP contribution >= 0.6 is 15.9 Å². The molecule has 224 valence electrons. The van der Waals surface area contributed by atoms with Crippen LogP contribution in [0.15, 0.2) is 53.0 Å². The number of carbonyl (C=O) groups is 2. The molecule has 0 aliphatic carbocycles. The van der Waals surface area contributed by atoms with Gasteiger partial charge in [-0.25, -0.2) is 9.59 Å². The first kappa shape index (κ1) is 31.2. The lowest BCUT2D eigenvalue weighted by atomic mass is 10.0. The second-order valence-electron chi connectivity index (χ2n) is 11.8. The van der Waals surface area contributed by atoms with Crippen LogP contribution in [0.1, 0.15) is 54.2 Å². The van der Waals surface area contributed by atoms with E-state index in [0.29, 0.717) is 48.8 Å². The third-order valence-electron chi connectivity index (χ3n) is 6.91. The fourth-order valence-corrected chi connectivity index (χ4v) is 5.49. The Kier molecular flexibility index (Phi) is 9.71. The van der Waals surface area contributed by atoms with Gasteiger partial charge in [0.1, 0.15) is 30.3 Å². The number of rotatable bonds is 6. The number of aryl methyl sites for hydroxylation is 3. The van der Waals surface area contributed by atoms with E-state index in [0.717, 1.165) is 33.6 Å². The molecule has 1 heterocycles. The first-order chi connectivity index (χ1) is 19.8. The maximum absolute atomic E-state index is 13.2. The van der Waals surface area contributed by atoms with Crippen LogP contribution in [0.3, 0.4) is 0 Å². The SMILES string of the molecule is Cc1ccccc1COc1c(C)cc(CN(C)C(=O)Nc2cc(Br)c3c(c2)CN(C(=O)OC(C)(C)C)CCO3)cc1C. The van der Waals surface area contributed by atoms with Crippen molar-refractivity contribution in [1.82, 2.24) is 9.80 Å². The maximum Gasteiger partial charge on any atom is 0.410 e. The summed E-state index contributed by atoms with van der Waals surface area (Å²) in [4.78, 5) is 29.1. The number of carbonyl (C=O) groups excluding carboxylic acids is 2. The van der Waals surface area contributed by atoms with Crippen molar-refractivity contribution >= 4 is 33.7 Å². The molecule has 1 aliphatic heterocycles. The molecule has 0 bridgehead atoms. The molecule has 42 heavy (non-hydrogen) atoms. The summed E-state index contributed by atoms with van der Waals surface area (Å²) in [5.74, 6) is 1.52. The highest BCUT2D eigenvalue weighted by Gasteiger charge is 2.26. The average molecular weight is 639 g/mol. The normalized spacial score (nSPS) is 13.0. The third kappa shape index (κ3) is 7.97. The van der Waals surface area contributed by atoms with E-state index in [1.54, 1.807) is 16.8 Å². The number of halogens is 1. The summed E-state index contributed by atoms with van der Waals surface area (Å²) in [6.07, 6.45) is -0.401. The number of urea groups is 1. The van der Waals surface area contributed by atoms with E-state index in [2.05, 4.69) is 52.4 Å². The molecule has 1 aliphatic rings. The predicted molar refractivity (Wildman–Crippen MR) is 168 cm³/mol. The summed E-state index contributed by atoms with van der Waals surface area (Å²) in [7, 11) is 1.76. The smallest absolute Gasteiger partial charge is 0.410 e. The maximum atomic E-state index is 13.2. The molecule has 0 fully saturated rings. The second kappa shape index (κ2) is 13.1. The van der Waals surface area contributed by atoms with Gasteiger partial charge in [-0.1, -0.05) is 36.4 Å². The van der Waals surface area contributed by atoms with Gasteiger partial charge in [0.05, 0.1) is 17.6 Å². The summed E-state index contributed by atoms with van der Waals surface area (Å²) in [6.45, 7) is 13.6. The molecule has 3 aromatic rings. The van der Waals surface area contributed by atoms with Gasteiger partial charge in [0.25, 0.3) is 0 Å². The number of fused-ring (bicyclic) bond motifs is 1. The summed E-state index contributed by atoms with van der Waals surface area (Å²) in [5, 5.41) is 2.98. The number of ether oxygens (including phenoxy) is 3. The molecular formula is C33H40BrN3O5. The van der Waals surface area contributed by atoms with Crippen LogP contribution in [0.25, 0.3) is 0 Å². The van der Waals surface area contributed by atoms with Crippen LogP contribution in [0, 0.1) is 20.8 Å². The lowest BCUT2D eigenvalue weighted by molar-refractivity contribution is 0.0225. The summed E-state index contributed by atoms with van der Waals surface area (Å²) in [6, 6.07) is 15.7. The summed E-state index contributed by atoms with van der Waals surface area (Å²) < 4.78 is 18.4. The van der Waals surface area contributed by atoms with Crippen LogP contribution in [0.4, 0.5) is 15.3 Å². The van der Waals surface area contributed by atoms with E-state index >= 15 is 0 Å². The van der Waals surface area contributed by atoms with Gasteiger partial charge in [-0.05, 0) is 97.4 Å². The minimum atomic E-state index is -0.597. The van der Waals surface area contributed by atoms with Gasteiger partial charge < -0.3 is 29.3 Å². The molecule has 4 rings (SSSR count). The van der Waals surface area contributed by atoms with E-state index in [1.165, 1.54) is 5.56 Å². The second-order valence-corrected chi connectivity index (χ2v) is 12.6. The Morgan fingerprint density at radius 2 is 1.74 bits per heavy atom. The fourth-order valence-electron chi connectivity index (χ4n) is 4.87. The first-order valence-corrected chi connectivity index (χ1v) is 14.8. The molecule has 0 saturated carbocycles. The standard InChI is InChI=1S/C33H40BrN3O5/c1-21-10-8-9-11-25(21)20-41-29-22(2)14-24(15-23(29)3)18-36(7)31(38)35-27-16-26-19-37(32(39)42-33(4,5)6)12-13-40-30(26)28(34)17-27/h8-11,14-17H,12-13,18-20H2,1-7H3,(H,35,38). The lowest BCUT2D eigenvalue weighted by Gasteiger charge is -2.26. The van der Waals surface area contributed by atoms with E-state index < -0.39 is 11.7 Å². The van der Waals surface area contributed by atoms with Crippen molar-refractivity contribution in [3.63, 3.8) is 0 Å². The monoisotopic (exact) mass is 637 g/mol. The number of nitrogens with one attached hydrogen (secondary N) is 1. The average Bonchev–Trinajstić information content (AvgIpc) is 3.11. The lowest BCUT2D eigenvalue weighted by Crippen LogP contribution is -2.37. The molecule has 0 unspecified atom stereocenters. The highest BCUT2D eigenvalue weighted by atomic mass is 79.9. The molecule has 3 amide bonds. The minimum Gasteiger partial charge on any atom is -0.490 e. The fraction of sp³-hybridized carbons (Fsp3) is 0.394. The van der Waals surface area contributed by atoms with Crippen molar-refractivity contribution in [2.75, 3.05) is 25.5 Å². The van der Waals surface area contributed by atoms with E-state index in [4.69, 9.17) is 14.2 Å². The molecule has 8 nitrogen and oxygen atoms in total. The van der Waals surface area contributed by atoms with Crippen LogP contribution < -0.4 is 14.8 Å². The molecule has 0 atom stereocenters. The number of hydrogen-bond acceptors (Lipinski definition) is 5. The van der Waals surface area contributed by atoms with Crippen LogP contribution in [-0.4, -0.2) is 47.7 Å². The Bertz CT molecular complexity index is 1440. The van der Waals surface area contributed by atoms with Gasteiger partial charge >= 0.3 is 12.1 Å². The third-order valence-corrected chi connectivity index (χ3v) is 7.50. The van der Waals surface area contributed by atoms with Crippen molar-refractivity contribution in [2.45, 2.75) is 66.8 Å². The molecule has 1 N–H and O–H groups in total. The van der Waals surface area contributed by atoms with Crippen molar-refractivity contribution in [3.05, 3.63) is 86.4 Å². The number of nitrogens with zero attached hydrogens (tertiary/aromatic N) is 2. The van der Waals surface area contributed by atoms with Gasteiger partial charge in [0.2, 0.25) is 0 Å². The molecule has 0 saturated heterocycles. The van der Waals surface area contributed by atoms with Gasteiger partial charge in [-0.15, -0.1) is 0 Å². The molecule has 3 aromatic carbocycles. The zero-order valence-corrected chi connectivity index (χ0v) is 27.1. The molecule has 0 radical (unpaired) electrons. The van der Waals surface area contributed by atoms with Crippen LogP contribution in [0.2, 0.25) is 0 Å². The number of anilines is 1. The summed E-state index contributed by atoms with van der Waals surface area (Å²) >= 11 is 3.57. The Morgan fingerprint density at radius 1 is 1.05 bits per heavy atom. The number of hydrogen-bond donors (Lipinski definition) is 1. The van der Waals surface area contributed by atoms with Gasteiger partial charge in [0.15, 0.2) is 0 Å². The Labute approximate surface area is 257 Å². The highest BCUT2D eigenvalue weighted by Crippen LogP contribution is 2.35. The predicted octanol–water partition coefficient (Wildman–Crippen LogP) is 7.75. The minimum absolute atomic E-state index is 0.254. The number of amides is 3. The van der Waals surface area contributed by atoms with E-state index in [-0.39, 0.29) is 6.03 Å². The van der Waals surface area contributed by atoms with E-state index in [1.807, 2.05) is 58.9 Å². The quantitative estimate of drug-likeness (QED) is 0.299. The van der Waals surface area contributed by atoms with Crippen LogP contribution in [0.5, 0.6) is 11.5 Å². The molecule has 0 spiro atoms. The number of benzene rings is 3. The van der Waals surface area contributed by atoms with Gasteiger partial charge in [-0.2, -0.15) is 0 Å². The van der Waals surface area contributed by atoms with Crippen molar-refractivity contribution in [1.29, 1.82) is 0 Å². The van der Waals surface area contributed by atoms with Gasteiger partial charge in [-0.3, -0.25) is 0 Å². The van der Waals surface area contributed by atoms with Crippen molar-refractivity contribution in [2.24, 2.45) is 0 Å². The van der Waals surface area contributed by atoms with Crippen molar-refractivity contribution < 1.29 is 23.8 Å². The summed E-state index contributed by atoms with van der Waals surface area (Å²) in [5.41, 5.74) is 6.19.